The molecule has 0 saturated heterocycles. The third kappa shape index (κ3) is 2.51. The van der Waals surface area contributed by atoms with Crippen molar-refractivity contribution in [3.63, 3.8) is 0 Å². The van der Waals surface area contributed by atoms with Crippen LogP contribution < -0.4 is 0 Å². The number of hydrogen-bond donors (Lipinski definition) is 1. The summed E-state index contributed by atoms with van der Waals surface area (Å²) in [6, 6.07) is 6.83. The minimum atomic E-state index is -0.228. The summed E-state index contributed by atoms with van der Waals surface area (Å²) in [7, 11) is 0. The molecule has 0 fully saturated rings. The number of aliphatic hydroxyl groups is 1. The van der Waals surface area contributed by atoms with Crippen molar-refractivity contribution in [3.05, 3.63) is 58.1 Å². The molecular weight excluding hydrogens is 273 g/mol. The fourth-order valence-corrected chi connectivity index (χ4v) is 1.86. The molecule has 0 bridgehead atoms. The molecule has 0 radical (unpaired) electrons. The molecule has 1 N–H and O–H groups in total. The first-order valence-corrected chi connectivity index (χ1v) is 5.68. The van der Waals surface area contributed by atoms with Gasteiger partial charge in [0.25, 0.3) is 0 Å². The number of hydrogen-bond acceptors (Lipinski definition) is 1. The van der Waals surface area contributed by atoms with Crippen LogP contribution in [0.5, 0.6) is 0 Å². The van der Waals surface area contributed by atoms with Gasteiger partial charge in [0.15, 0.2) is 0 Å². The van der Waals surface area contributed by atoms with E-state index in [4.69, 9.17) is 5.11 Å². The van der Waals surface area contributed by atoms with E-state index < -0.39 is 0 Å². The summed E-state index contributed by atoms with van der Waals surface area (Å²) < 4.78 is 16.1. The van der Waals surface area contributed by atoms with Gasteiger partial charge in [-0.15, -0.1) is 0 Å². The maximum Gasteiger partial charge on any atom is 0.129 e. The lowest BCUT2D eigenvalue weighted by atomic mass is 10.2. The number of rotatable bonds is 3. The fraction of sp³-hybridized carbons (Fsp3) is 0.167. The smallest absolute Gasteiger partial charge is 0.129 e. The first-order chi connectivity index (χ1) is 7.69. The van der Waals surface area contributed by atoms with Crippen LogP contribution in [0.3, 0.4) is 0 Å². The Labute approximate surface area is 101 Å². The molecule has 0 atom stereocenters. The summed E-state index contributed by atoms with van der Waals surface area (Å²) in [5, 5.41) is 8.91. The highest BCUT2D eigenvalue weighted by molar-refractivity contribution is 9.10. The van der Waals surface area contributed by atoms with Gasteiger partial charge in [0.1, 0.15) is 5.82 Å². The van der Waals surface area contributed by atoms with Crippen molar-refractivity contribution in [3.8, 4) is 0 Å². The highest BCUT2D eigenvalue weighted by atomic mass is 79.9. The molecule has 16 heavy (non-hydrogen) atoms. The van der Waals surface area contributed by atoms with Crippen LogP contribution in [0, 0.1) is 5.82 Å². The van der Waals surface area contributed by atoms with E-state index in [0.29, 0.717) is 12.1 Å². The molecule has 0 aliphatic rings. The molecule has 0 saturated carbocycles. The van der Waals surface area contributed by atoms with Gasteiger partial charge in [-0.1, -0.05) is 22.0 Å². The topological polar surface area (TPSA) is 25.2 Å². The van der Waals surface area contributed by atoms with Gasteiger partial charge in [0.2, 0.25) is 0 Å². The molecule has 1 aromatic heterocycles. The predicted molar refractivity (Wildman–Crippen MR) is 63.6 cm³/mol. The van der Waals surface area contributed by atoms with Gasteiger partial charge in [-0.3, -0.25) is 0 Å². The zero-order valence-corrected chi connectivity index (χ0v) is 10.1. The van der Waals surface area contributed by atoms with Crippen LogP contribution in [0.15, 0.2) is 41.1 Å². The zero-order valence-electron chi connectivity index (χ0n) is 8.53. The lowest BCUT2D eigenvalue weighted by Gasteiger charge is -2.05. The number of nitrogens with zero attached hydrogens (tertiary/aromatic N) is 1. The summed E-state index contributed by atoms with van der Waals surface area (Å²) in [4.78, 5) is 0. The van der Waals surface area contributed by atoms with Crippen LogP contribution in [-0.2, 0) is 13.2 Å². The average Bonchev–Trinajstić information content (AvgIpc) is 2.70. The van der Waals surface area contributed by atoms with E-state index in [0.717, 1.165) is 10.0 Å². The number of aliphatic hydroxyl groups excluding tert-OH is 1. The molecule has 0 aliphatic heterocycles. The quantitative estimate of drug-likeness (QED) is 0.921. The van der Waals surface area contributed by atoms with E-state index in [2.05, 4.69) is 15.9 Å². The first-order valence-electron chi connectivity index (χ1n) is 4.88. The van der Waals surface area contributed by atoms with E-state index in [1.165, 1.54) is 6.07 Å². The second-order valence-electron chi connectivity index (χ2n) is 3.59. The SMILES string of the molecule is OCc1ccn(Cc2ccc(Br)cc2F)c1. The lowest BCUT2D eigenvalue weighted by molar-refractivity contribution is 0.282. The van der Waals surface area contributed by atoms with Crippen molar-refractivity contribution >= 4 is 15.9 Å². The van der Waals surface area contributed by atoms with Gasteiger partial charge < -0.3 is 9.67 Å². The number of benzene rings is 1. The Kier molecular flexibility index (Phi) is 3.41. The van der Waals surface area contributed by atoms with Crippen LogP contribution in [0.1, 0.15) is 11.1 Å². The third-order valence-electron chi connectivity index (χ3n) is 2.36. The maximum atomic E-state index is 13.5. The Bertz CT molecular complexity index is 496. The molecule has 0 amide bonds. The van der Waals surface area contributed by atoms with Gasteiger partial charge in [-0.25, -0.2) is 4.39 Å². The Hall–Kier alpha value is -1.13. The molecule has 2 aromatic rings. The molecular formula is C12H11BrFNO. The zero-order chi connectivity index (χ0) is 11.5. The highest BCUT2D eigenvalue weighted by Gasteiger charge is 2.03. The summed E-state index contributed by atoms with van der Waals surface area (Å²) in [5.41, 5.74) is 1.46. The van der Waals surface area contributed by atoms with E-state index >= 15 is 0 Å². The second kappa shape index (κ2) is 4.80. The monoisotopic (exact) mass is 283 g/mol. The average molecular weight is 284 g/mol. The largest absolute Gasteiger partial charge is 0.392 e. The fourth-order valence-electron chi connectivity index (χ4n) is 1.53. The van der Waals surface area contributed by atoms with Gasteiger partial charge in [0, 0.05) is 29.0 Å². The molecule has 0 aliphatic carbocycles. The van der Waals surface area contributed by atoms with Crippen LogP contribution in [0.2, 0.25) is 0 Å². The third-order valence-corrected chi connectivity index (χ3v) is 2.86. The molecule has 2 nitrogen and oxygen atoms in total. The highest BCUT2D eigenvalue weighted by Crippen LogP contribution is 2.16. The summed E-state index contributed by atoms with van der Waals surface area (Å²) in [6.07, 6.45) is 3.63. The van der Waals surface area contributed by atoms with Crippen molar-refractivity contribution in [1.29, 1.82) is 0 Å². The minimum Gasteiger partial charge on any atom is -0.392 e. The second-order valence-corrected chi connectivity index (χ2v) is 4.50. The van der Waals surface area contributed by atoms with Crippen LogP contribution in [-0.4, -0.2) is 9.67 Å². The van der Waals surface area contributed by atoms with Gasteiger partial charge >= 0.3 is 0 Å². The Morgan fingerprint density at radius 3 is 2.75 bits per heavy atom. The normalized spacial score (nSPS) is 10.7. The molecule has 1 heterocycles. The van der Waals surface area contributed by atoms with Crippen molar-refractivity contribution in [1.82, 2.24) is 4.57 Å². The lowest BCUT2D eigenvalue weighted by Crippen LogP contribution is -1.99. The Morgan fingerprint density at radius 1 is 1.31 bits per heavy atom. The van der Waals surface area contributed by atoms with Gasteiger partial charge in [0.05, 0.1) is 6.61 Å². The Morgan fingerprint density at radius 2 is 2.12 bits per heavy atom. The summed E-state index contributed by atoms with van der Waals surface area (Å²) in [6.45, 7) is 0.481. The summed E-state index contributed by atoms with van der Waals surface area (Å²) >= 11 is 3.22. The molecule has 0 unspecified atom stereocenters. The molecule has 0 spiro atoms. The molecule has 1 aromatic carbocycles. The van der Waals surface area contributed by atoms with Gasteiger partial charge in [-0.2, -0.15) is 0 Å². The number of halogens is 2. The van der Waals surface area contributed by atoms with Crippen molar-refractivity contribution in [2.75, 3.05) is 0 Å². The Balaban J connectivity index is 2.20. The van der Waals surface area contributed by atoms with Crippen molar-refractivity contribution < 1.29 is 9.50 Å². The summed E-state index contributed by atoms with van der Waals surface area (Å²) in [5.74, 6) is -0.228. The number of aromatic nitrogens is 1. The van der Waals surface area contributed by atoms with Crippen molar-refractivity contribution in [2.24, 2.45) is 0 Å². The van der Waals surface area contributed by atoms with Crippen LogP contribution in [0.25, 0.3) is 0 Å². The van der Waals surface area contributed by atoms with E-state index in [9.17, 15) is 4.39 Å². The first kappa shape index (κ1) is 11.4. The standard InChI is InChI=1S/C12H11BrFNO/c13-11-2-1-10(12(14)5-11)7-15-4-3-9(6-15)8-16/h1-6,16H,7-8H2. The van der Waals surface area contributed by atoms with Crippen LogP contribution >= 0.6 is 15.9 Å². The molecule has 2 rings (SSSR count). The molecule has 4 heteroatoms. The van der Waals surface area contributed by atoms with Gasteiger partial charge in [-0.05, 0) is 23.8 Å². The molecule has 84 valence electrons. The van der Waals surface area contributed by atoms with Crippen molar-refractivity contribution in [2.45, 2.75) is 13.2 Å². The van der Waals surface area contributed by atoms with E-state index in [-0.39, 0.29) is 12.4 Å². The predicted octanol–water partition coefficient (Wildman–Crippen LogP) is 2.93. The van der Waals surface area contributed by atoms with E-state index in [1.54, 1.807) is 6.07 Å². The maximum absolute atomic E-state index is 13.5. The van der Waals surface area contributed by atoms with Crippen LogP contribution in [0.4, 0.5) is 4.39 Å². The van der Waals surface area contributed by atoms with E-state index in [1.807, 2.05) is 29.1 Å². The minimum absolute atomic E-state index is 0.00974.